The van der Waals surface area contributed by atoms with Crippen LogP contribution in [-0.2, 0) is 11.8 Å². The predicted octanol–water partition coefficient (Wildman–Crippen LogP) is 3.04. The van der Waals surface area contributed by atoms with Crippen LogP contribution in [-0.4, -0.2) is 4.98 Å². The van der Waals surface area contributed by atoms with Crippen LogP contribution in [0.4, 0.5) is 0 Å². The molecule has 0 amide bonds. The highest BCUT2D eigenvalue weighted by Crippen LogP contribution is 2.16. The van der Waals surface area contributed by atoms with Crippen LogP contribution < -0.4 is 0 Å². The van der Waals surface area contributed by atoms with Gasteiger partial charge in [0.15, 0.2) is 0 Å². The van der Waals surface area contributed by atoms with E-state index in [9.17, 15) is 0 Å². The Morgan fingerprint density at radius 1 is 1.40 bits per heavy atom. The molecule has 1 rings (SSSR count). The van der Waals surface area contributed by atoms with Crippen molar-refractivity contribution in [2.75, 3.05) is 0 Å². The van der Waals surface area contributed by atoms with Crippen molar-refractivity contribution in [3.63, 3.8) is 0 Å². The van der Waals surface area contributed by atoms with Gasteiger partial charge in [0, 0.05) is 4.88 Å². The Morgan fingerprint density at radius 3 is 2.50 bits per heavy atom. The van der Waals surface area contributed by atoms with E-state index in [1.54, 1.807) is 16.8 Å². The first-order valence-corrected chi connectivity index (χ1v) is 4.36. The second kappa shape index (κ2) is 5.19. The highest BCUT2D eigenvalue weighted by atomic mass is 35.5. The minimum absolute atomic E-state index is 0. The zero-order valence-electron chi connectivity index (χ0n) is 5.01. The molecule has 0 N–H and O–H groups in total. The zero-order valence-corrected chi connectivity index (χ0v) is 8.16. The van der Waals surface area contributed by atoms with Crippen molar-refractivity contribution in [2.24, 2.45) is 0 Å². The summed E-state index contributed by atoms with van der Waals surface area (Å²) in [6.45, 7) is 0. The highest BCUT2D eigenvalue weighted by molar-refractivity contribution is 7.10. The second-order valence-electron chi connectivity index (χ2n) is 1.49. The molecule has 1 aromatic rings. The molecule has 0 spiro atoms. The Hall–Kier alpha value is 0.500. The Balaban J connectivity index is 0.000000810. The largest absolute Gasteiger partial charge is 0.248 e. The Bertz CT molecular complexity index is 170. The molecule has 0 saturated heterocycles. The van der Waals surface area contributed by atoms with Crippen LogP contribution in [0.1, 0.15) is 10.6 Å². The molecule has 0 aliphatic carbocycles. The first-order valence-electron chi connectivity index (χ1n) is 2.41. The summed E-state index contributed by atoms with van der Waals surface area (Å²) >= 11 is 12.6. The lowest BCUT2D eigenvalue weighted by Gasteiger charge is -1.88. The van der Waals surface area contributed by atoms with Crippen LogP contribution in [0.5, 0.6) is 0 Å². The van der Waals surface area contributed by atoms with Gasteiger partial charge in [-0.05, 0) is 0 Å². The maximum absolute atomic E-state index is 5.56. The summed E-state index contributed by atoms with van der Waals surface area (Å²) in [5.41, 5.74) is 2.67. The number of alkyl halides is 2. The van der Waals surface area contributed by atoms with Gasteiger partial charge in [-0.3, -0.25) is 0 Å². The monoisotopic (exact) mass is 217 g/mol. The van der Waals surface area contributed by atoms with E-state index in [0.717, 1.165) is 10.6 Å². The molecule has 0 aromatic carbocycles. The second-order valence-corrected chi connectivity index (χ2v) is 2.96. The molecule has 1 nitrogen and oxygen atoms in total. The summed E-state index contributed by atoms with van der Waals surface area (Å²) in [6, 6.07) is 0. The van der Waals surface area contributed by atoms with Gasteiger partial charge in [-0.15, -0.1) is 46.9 Å². The number of thiazole rings is 1. The summed E-state index contributed by atoms with van der Waals surface area (Å²) in [7, 11) is 0. The van der Waals surface area contributed by atoms with Gasteiger partial charge in [0.1, 0.15) is 0 Å². The fourth-order valence-electron chi connectivity index (χ4n) is 0.511. The number of rotatable bonds is 2. The lowest BCUT2D eigenvalue weighted by atomic mass is 10.4. The molecule has 0 radical (unpaired) electrons. The first-order chi connectivity index (χ1) is 4.38. The third-order valence-corrected chi connectivity index (χ3v) is 2.53. The quantitative estimate of drug-likeness (QED) is 0.696. The Morgan fingerprint density at radius 2 is 2.10 bits per heavy atom. The Kier molecular flexibility index (Phi) is 5.45. The number of halogens is 3. The van der Waals surface area contributed by atoms with Gasteiger partial charge in [-0.25, -0.2) is 4.98 Å². The average Bonchev–Trinajstić information content (AvgIpc) is 2.33. The van der Waals surface area contributed by atoms with E-state index < -0.39 is 0 Å². The molecule has 0 fully saturated rings. The van der Waals surface area contributed by atoms with Crippen molar-refractivity contribution in [3.8, 4) is 0 Å². The topological polar surface area (TPSA) is 12.9 Å². The normalized spacial score (nSPS) is 9.00. The number of hydrogen-bond donors (Lipinski definition) is 0. The fourth-order valence-corrected chi connectivity index (χ4v) is 1.80. The van der Waals surface area contributed by atoms with E-state index in [2.05, 4.69) is 4.98 Å². The van der Waals surface area contributed by atoms with E-state index in [1.165, 1.54) is 0 Å². The molecule has 0 atom stereocenters. The van der Waals surface area contributed by atoms with Crippen molar-refractivity contribution >= 4 is 46.9 Å². The van der Waals surface area contributed by atoms with Crippen molar-refractivity contribution < 1.29 is 0 Å². The van der Waals surface area contributed by atoms with Gasteiger partial charge in [0.25, 0.3) is 0 Å². The summed E-state index contributed by atoms with van der Waals surface area (Å²) < 4.78 is 0. The lowest BCUT2D eigenvalue weighted by molar-refractivity contribution is 1.18. The van der Waals surface area contributed by atoms with Crippen LogP contribution in [0.15, 0.2) is 5.51 Å². The molecule has 0 aliphatic heterocycles. The van der Waals surface area contributed by atoms with Crippen molar-refractivity contribution in [3.05, 3.63) is 16.1 Å². The van der Waals surface area contributed by atoms with Crippen LogP contribution in [0.25, 0.3) is 0 Å². The van der Waals surface area contributed by atoms with Crippen LogP contribution >= 0.6 is 46.9 Å². The molecule has 0 unspecified atom stereocenters. The summed E-state index contributed by atoms with van der Waals surface area (Å²) in [5.74, 6) is 0.984. The maximum atomic E-state index is 5.56. The molecule has 5 heteroatoms. The van der Waals surface area contributed by atoms with Gasteiger partial charge in [0.2, 0.25) is 0 Å². The number of aromatic nitrogens is 1. The SMILES string of the molecule is Cl.ClCc1ncsc1CCl. The van der Waals surface area contributed by atoms with Gasteiger partial charge < -0.3 is 0 Å². The highest BCUT2D eigenvalue weighted by Gasteiger charge is 2.01. The van der Waals surface area contributed by atoms with Crippen LogP contribution in [0.3, 0.4) is 0 Å². The molecule has 0 bridgehead atoms. The van der Waals surface area contributed by atoms with Crippen molar-refractivity contribution in [2.45, 2.75) is 11.8 Å². The average molecular weight is 219 g/mol. The molecule has 1 aromatic heterocycles. The molecule has 0 aliphatic rings. The molecular formula is C5H6Cl3NS. The van der Waals surface area contributed by atoms with Crippen LogP contribution in [0, 0.1) is 0 Å². The third kappa shape index (κ3) is 2.27. The Labute approximate surface area is 79.8 Å². The van der Waals surface area contributed by atoms with E-state index in [0.29, 0.717) is 11.8 Å². The zero-order chi connectivity index (χ0) is 6.69. The van der Waals surface area contributed by atoms with Gasteiger partial charge in [-0.1, -0.05) is 0 Å². The first kappa shape index (κ1) is 10.5. The van der Waals surface area contributed by atoms with Crippen LogP contribution in [0.2, 0.25) is 0 Å². The fraction of sp³-hybridized carbons (Fsp3) is 0.400. The van der Waals surface area contributed by atoms with Gasteiger partial charge in [-0.2, -0.15) is 0 Å². The smallest absolute Gasteiger partial charge is 0.0798 e. The summed E-state index contributed by atoms with van der Waals surface area (Å²) in [5, 5.41) is 0. The van der Waals surface area contributed by atoms with Crippen molar-refractivity contribution in [1.29, 1.82) is 0 Å². The maximum Gasteiger partial charge on any atom is 0.0798 e. The summed E-state index contributed by atoms with van der Waals surface area (Å²) in [4.78, 5) is 5.08. The van der Waals surface area contributed by atoms with E-state index in [4.69, 9.17) is 23.2 Å². The van der Waals surface area contributed by atoms with Gasteiger partial charge in [0.05, 0.1) is 23.0 Å². The van der Waals surface area contributed by atoms with E-state index in [1.807, 2.05) is 0 Å². The standard InChI is InChI=1S/C5H5Cl2NS.ClH/c6-1-4-5(2-7)9-3-8-4;/h3H,1-2H2;1H. The molecule has 10 heavy (non-hydrogen) atoms. The number of nitrogens with zero attached hydrogens (tertiary/aromatic N) is 1. The molecule has 1 heterocycles. The van der Waals surface area contributed by atoms with E-state index >= 15 is 0 Å². The lowest BCUT2D eigenvalue weighted by Crippen LogP contribution is -1.81. The third-order valence-electron chi connectivity index (χ3n) is 0.973. The minimum Gasteiger partial charge on any atom is -0.248 e. The number of hydrogen-bond acceptors (Lipinski definition) is 2. The van der Waals surface area contributed by atoms with E-state index in [-0.39, 0.29) is 12.4 Å². The molecular weight excluding hydrogens is 212 g/mol. The predicted molar refractivity (Wildman–Crippen MR) is 48.5 cm³/mol. The van der Waals surface area contributed by atoms with Gasteiger partial charge >= 0.3 is 0 Å². The molecule has 58 valence electrons. The summed E-state index contributed by atoms with van der Waals surface area (Å²) in [6.07, 6.45) is 0. The minimum atomic E-state index is 0. The van der Waals surface area contributed by atoms with Crippen molar-refractivity contribution in [1.82, 2.24) is 4.98 Å². The molecule has 0 saturated carbocycles.